The molecule has 0 saturated heterocycles. The van der Waals surface area contributed by atoms with E-state index in [0.717, 1.165) is 0 Å². The van der Waals surface area contributed by atoms with Crippen molar-refractivity contribution < 1.29 is 23.9 Å². The van der Waals surface area contributed by atoms with Gasteiger partial charge in [0.25, 0.3) is 0 Å². The summed E-state index contributed by atoms with van der Waals surface area (Å²) in [5, 5.41) is 0.265. The summed E-state index contributed by atoms with van der Waals surface area (Å²) in [6.45, 7) is 2.36. The average Bonchev–Trinajstić information content (AvgIpc) is 3.20. The lowest BCUT2D eigenvalue weighted by atomic mass is 10.0. The van der Waals surface area contributed by atoms with Gasteiger partial charge in [0.1, 0.15) is 11.6 Å². The fourth-order valence-corrected chi connectivity index (χ4v) is 3.88. The molecule has 142 valence electrons. The van der Waals surface area contributed by atoms with Crippen LogP contribution in [0.3, 0.4) is 0 Å². The van der Waals surface area contributed by atoms with Gasteiger partial charge in [-0.2, -0.15) is 0 Å². The number of benzene rings is 1. The van der Waals surface area contributed by atoms with Crippen LogP contribution in [0.15, 0.2) is 24.3 Å². The van der Waals surface area contributed by atoms with E-state index in [1.54, 1.807) is 29.7 Å². The molecule has 2 heterocycles. The van der Waals surface area contributed by atoms with Crippen molar-refractivity contribution in [3.05, 3.63) is 56.8 Å². The molecule has 0 aliphatic carbocycles. The Morgan fingerprint density at radius 1 is 1.19 bits per heavy atom. The van der Waals surface area contributed by atoms with E-state index in [1.807, 2.05) is 0 Å². The number of hydrogen-bond donors (Lipinski definition) is 0. The summed E-state index contributed by atoms with van der Waals surface area (Å²) in [7, 11) is 1.30. The Bertz CT molecular complexity index is 934. The van der Waals surface area contributed by atoms with Crippen molar-refractivity contribution in [2.45, 2.75) is 25.8 Å². The van der Waals surface area contributed by atoms with Crippen LogP contribution in [0.2, 0.25) is 10.0 Å². The van der Waals surface area contributed by atoms with Gasteiger partial charge in [0.05, 0.1) is 35.0 Å². The van der Waals surface area contributed by atoms with E-state index in [4.69, 9.17) is 32.7 Å². The molecule has 0 bridgehead atoms. The third-order valence-electron chi connectivity index (χ3n) is 4.49. The Labute approximate surface area is 166 Å². The van der Waals surface area contributed by atoms with Crippen LogP contribution in [0.4, 0.5) is 0 Å². The van der Waals surface area contributed by atoms with Crippen molar-refractivity contribution >= 4 is 40.9 Å². The van der Waals surface area contributed by atoms with Crippen molar-refractivity contribution in [1.29, 1.82) is 0 Å². The largest absolute Gasteiger partial charge is 0.469 e. The number of methoxy groups -OCH3 is 1. The Balaban J connectivity index is 2.03. The summed E-state index contributed by atoms with van der Waals surface area (Å²) in [5.41, 5.74) is 1.23. The maximum Gasteiger partial charge on any atom is 0.338 e. The number of rotatable bonds is 5. The molecule has 0 fully saturated rings. The highest BCUT2D eigenvalue weighted by Gasteiger charge is 2.38. The summed E-state index contributed by atoms with van der Waals surface area (Å²) in [6, 6.07) is 6.21. The lowest BCUT2D eigenvalue weighted by molar-refractivity contribution is -0.142. The fourth-order valence-electron chi connectivity index (χ4n) is 3.27. The molecule has 3 rings (SSSR count). The molecule has 1 aromatic carbocycles. The molecule has 2 aromatic rings. The van der Waals surface area contributed by atoms with Gasteiger partial charge >= 0.3 is 11.9 Å². The maximum atomic E-state index is 13.1. The number of hydrogen-bond acceptors (Lipinski definition) is 5. The number of carbonyl (C=O) groups is 3. The Morgan fingerprint density at radius 2 is 1.89 bits per heavy atom. The number of esters is 2. The zero-order valence-electron chi connectivity index (χ0n) is 14.8. The van der Waals surface area contributed by atoms with E-state index in [9.17, 15) is 14.4 Å². The van der Waals surface area contributed by atoms with Gasteiger partial charge in [-0.25, -0.2) is 4.79 Å². The quantitative estimate of drug-likeness (QED) is 0.553. The zero-order valence-corrected chi connectivity index (χ0v) is 16.3. The minimum Gasteiger partial charge on any atom is -0.469 e. The fraction of sp³-hybridized carbons (Fsp3) is 0.316. The predicted octanol–water partition coefficient (Wildman–Crippen LogP) is 3.86. The SMILES string of the molecule is CCOC(=O)c1cccc(C(=O)c2c(Cl)c(Cl)c3n2CCC3C(=O)OC)c1. The first kappa shape index (κ1) is 19.5. The zero-order chi connectivity index (χ0) is 19.7. The molecular weight excluding hydrogens is 393 g/mol. The second-order valence-corrected chi connectivity index (χ2v) is 6.76. The normalized spacial score (nSPS) is 15.3. The molecular formula is C19H17Cl2NO5. The molecule has 1 aliphatic rings. The molecule has 27 heavy (non-hydrogen) atoms. The number of ether oxygens (including phenoxy) is 2. The highest BCUT2D eigenvalue weighted by molar-refractivity contribution is 6.45. The molecule has 0 radical (unpaired) electrons. The Kier molecular flexibility index (Phi) is 5.58. The van der Waals surface area contributed by atoms with Crippen molar-refractivity contribution in [3.8, 4) is 0 Å². The van der Waals surface area contributed by atoms with Crippen LogP contribution in [0, 0.1) is 0 Å². The second kappa shape index (κ2) is 7.74. The summed E-state index contributed by atoms with van der Waals surface area (Å²) in [4.78, 5) is 37.0. The molecule has 1 unspecified atom stereocenters. The molecule has 0 N–H and O–H groups in total. The summed E-state index contributed by atoms with van der Waals surface area (Å²) < 4.78 is 11.4. The van der Waals surface area contributed by atoms with Crippen LogP contribution < -0.4 is 0 Å². The molecule has 1 atom stereocenters. The van der Waals surface area contributed by atoms with Crippen molar-refractivity contribution in [2.24, 2.45) is 0 Å². The summed E-state index contributed by atoms with van der Waals surface area (Å²) in [6.07, 6.45) is 0.474. The first-order valence-corrected chi connectivity index (χ1v) is 9.13. The maximum absolute atomic E-state index is 13.1. The Morgan fingerprint density at radius 3 is 2.56 bits per heavy atom. The average molecular weight is 410 g/mol. The minimum absolute atomic E-state index is 0.0896. The van der Waals surface area contributed by atoms with E-state index < -0.39 is 17.9 Å². The van der Waals surface area contributed by atoms with Gasteiger partial charge in [-0.1, -0.05) is 35.3 Å². The first-order valence-electron chi connectivity index (χ1n) is 8.37. The third-order valence-corrected chi connectivity index (χ3v) is 5.34. The number of ketones is 1. The van der Waals surface area contributed by atoms with Gasteiger partial charge in [-0.05, 0) is 25.5 Å². The highest BCUT2D eigenvalue weighted by atomic mass is 35.5. The number of halogens is 2. The number of nitrogens with zero attached hydrogens (tertiary/aromatic N) is 1. The first-order chi connectivity index (χ1) is 12.9. The van der Waals surface area contributed by atoms with Crippen molar-refractivity contribution in [3.63, 3.8) is 0 Å². The predicted molar refractivity (Wildman–Crippen MR) is 99.7 cm³/mol. The summed E-state index contributed by atoms with van der Waals surface area (Å²) in [5.74, 6) is -1.88. The molecule has 8 heteroatoms. The Hall–Kier alpha value is -2.31. The van der Waals surface area contributed by atoms with Gasteiger partial charge in [-0.15, -0.1) is 0 Å². The van der Waals surface area contributed by atoms with Gasteiger partial charge in [0.2, 0.25) is 5.78 Å². The van der Waals surface area contributed by atoms with E-state index in [-0.39, 0.29) is 39.3 Å². The van der Waals surface area contributed by atoms with Crippen LogP contribution >= 0.6 is 23.2 Å². The van der Waals surface area contributed by atoms with Crippen LogP contribution in [0.25, 0.3) is 0 Å². The number of fused-ring (bicyclic) bond motifs is 1. The van der Waals surface area contributed by atoms with Crippen molar-refractivity contribution in [2.75, 3.05) is 13.7 Å². The van der Waals surface area contributed by atoms with Gasteiger partial charge in [0, 0.05) is 12.1 Å². The smallest absolute Gasteiger partial charge is 0.338 e. The minimum atomic E-state index is -0.563. The monoisotopic (exact) mass is 409 g/mol. The molecule has 1 aliphatic heterocycles. The van der Waals surface area contributed by atoms with Crippen molar-refractivity contribution in [1.82, 2.24) is 4.57 Å². The van der Waals surface area contributed by atoms with Gasteiger partial charge in [-0.3, -0.25) is 9.59 Å². The molecule has 0 saturated carbocycles. The molecule has 1 aromatic heterocycles. The van der Waals surface area contributed by atoms with Crippen LogP contribution in [-0.4, -0.2) is 36.0 Å². The number of carbonyl (C=O) groups excluding carboxylic acids is 3. The van der Waals surface area contributed by atoms with E-state index in [2.05, 4.69) is 0 Å². The van der Waals surface area contributed by atoms with E-state index >= 15 is 0 Å². The van der Waals surface area contributed by atoms with E-state index in [0.29, 0.717) is 18.7 Å². The third kappa shape index (κ3) is 3.35. The second-order valence-electron chi connectivity index (χ2n) is 6.01. The lowest BCUT2D eigenvalue weighted by Crippen LogP contribution is -2.12. The number of aromatic nitrogens is 1. The molecule has 0 amide bonds. The summed E-state index contributed by atoms with van der Waals surface area (Å²) >= 11 is 12.6. The molecule has 6 nitrogen and oxygen atoms in total. The molecule has 0 spiro atoms. The van der Waals surface area contributed by atoms with E-state index in [1.165, 1.54) is 13.2 Å². The van der Waals surface area contributed by atoms with Gasteiger partial charge in [0.15, 0.2) is 0 Å². The van der Waals surface area contributed by atoms with Crippen LogP contribution in [0.1, 0.15) is 51.4 Å². The highest BCUT2D eigenvalue weighted by Crippen LogP contribution is 2.43. The lowest BCUT2D eigenvalue weighted by Gasteiger charge is -2.08. The standard InChI is InChI=1S/C19H17Cl2NO5/c1-3-27-18(24)11-6-4-5-10(9-11)17(23)16-14(21)13(20)15-12(19(25)26-2)7-8-22(15)16/h4-6,9,12H,3,7-8H2,1-2H3. The topological polar surface area (TPSA) is 74.6 Å². The van der Waals surface area contributed by atoms with Gasteiger partial charge < -0.3 is 14.0 Å². The van der Waals surface area contributed by atoms with Crippen LogP contribution in [-0.2, 0) is 20.8 Å². The van der Waals surface area contributed by atoms with Crippen LogP contribution in [0.5, 0.6) is 0 Å².